The second-order valence-electron chi connectivity index (χ2n) is 10.2. The summed E-state index contributed by atoms with van der Waals surface area (Å²) in [5, 5.41) is 8.63. The molecular weight excluding hydrogens is 534 g/mol. The zero-order chi connectivity index (χ0) is 30.1. The van der Waals surface area contributed by atoms with Crippen LogP contribution in [0.25, 0.3) is 34.2 Å². The highest BCUT2D eigenvalue weighted by molar-refractivity contribution is 5.66. The number of phenols is 1. The summed E-state index contributed by atoms with van der Waals surface area (Å²) in [4.78, 5) is 14.3. The number of benzene rings is 4. The predicted octanol–water partition coefficient (Wildman–Crippen LogP) is 8.88. The Kier molecular flexibility index (Phi) is 12.7. The molecule has 0 fully saturated rings. The average molecular weight is 576 g/mol. The van der Waals surface area contributed by atoms with Gasteiger partial charge in [-0.3, -0.25) is 0 Å². The summed E-state index contributed by atoms with van der Waals surface area (Å²) in [5.74, 6) is 3.72. The lowest BCUT2D eigenvalue weighted by Gasteiger charge is -2.15. The van der Waals surface area contributed by atoms with E-state index >= 15 is 0 Å². The number of phenolic OH excluding ortho intramolecular Hbond substituents is 1. The Labute approximate surface area is 255 Å². The van der Waals surface area contributed by atoms with Crippen molar-refractivity contribution in [1.82, 2.24) is 15.0 Å². The van der Waals surface area contributed by atoms with Gasteiger partial charge in [-0.05, 0) is 48.7 Å². The second-order valence-corrected chi connectivity index (χ2v) is 10.2. The molecule has 0 saturated carbocycles. The predicted molar refractivity (Wildman–Crippen MR) is 174 cm³/mol. The summed E-state index contributed by atoms with van der Waals surface area (Å²) in [6.45, 7) is 6.41. The van der Waals surface area contributed by atoms with E-state index in [9.17, 15) is 0 Å². The molecule has 4 aromatic carbocycles. The van der Waals surface area contributed by atoms with Crippen LogP contribution in [0, 0.1) is 5.92 Å². The van der Waals surface area contributed by atoms with E-state index in [0.717, 1.165) is 35.5 Å². The first-order chi connectivity index (χ1) is 21.2. The van der Waals surface area contributed by atoms with Crippen LogP contribution in [0.15, 0.2) is 115 Å². The van der Waals surface area contributed by atoms with Gasteiger partial charge in [0.2, 0.25) is 0 Å². The van der Waals surface area contributed by atoms with Gasteiger partial charge in [0.15, 0.2) is 17.5 Å². The van der Waals surface area contributed by atoms with Crippen molar-refractivity contribution >= 4 is 0 Å². The van der Waals surface area contributed by atoms with E-state index in [1.54, 1.807) is 24.3 Å². The molecule has 1 unspecified atom stereocenters. The molecule has 43 heavy (non-hydrogen) atoms. The molecule has 0 amide bonds. The van der Waals surface area contributed by atoms with Crippen LogP contribution in [0.3, 0.4) is 0 Å². The molecule has 222 valence electrons. The van der Waals surface area contributed by atoms with Gasteiger partial charge >= 0.3 is 0 Å². The van der Waals surface area contributed by atoms with Crippen molar-refractivity contribution in [3.63, 3.8) is 0 Å². The molecule has 0 aliphatic heterocycles. The monoisotopic (exact) mass is 575 g/mol. The van der Waals surface area contributed by atoms with Crippen molar-refractivity contribution in [3.05, 3.63) is 115 Å². The number of rotatable bonds is 13. The molecule has 6 nitrogen and oxygen atoms in total. The van der Waals surface area contributed by atoms with Crippen LogP contribution in [-0.2, 0) is 4.74 Å². The van der Waals surface area contributed by atoms with Crippen molar-refractivity contribution in [1.29, 1.82) is 0 Å². The summed E-state index contributed by atoms with van der Waals surface area (Å²) < 4.78 is 11.8. The number of unbranched alkanes of at least 4 members (excludes halogenated alkanes) is 1. The van der Waals surface area contributed by atoms with Gasteiger partial charge in [-0.2, -0.15) is 0 Å². The van der Waals surface area contributed by atoms with Crippen LogP contribution in [0.2, 0.25) is 0 Å². The van der Waals surface area contributed by atoms with Gasteiger partial charge in [0, 0.05) is 23.3 Å². The van der Waals surface area contributed by atoms with E-state index in [2.05, 4.69) is 13.8 Å². The maximum atomic E-state index is 8.63. The highest BCUT2D eigenvalue weighted by Gasteiger charge is 2.12. The van der Waals surface area contributed by atoms with Gasteiger partial charge < -0.3 is 14.6 Å². The zero-order valence-electron chi connectivity index (χ0n) is 25.1. The standard InChI is InChI=1S/C31H35N3O2.C6H6O/c1-3-5-12-24(4-2)23-35-21-22-36-28-19-17-27(18-20-28)31-33-29(25-13-8-6-9-14-25)32-30(34-31)26-15-10-7-11-16-26;7-6-4-2-1-3-5-6/h6-11,13-20,24H,3-5,12,21-23H2,1-2H3;1-5,7H. The van der Waals surface area contributed by atoms with Gasteiger partial charge in [-0.25, -0.2) is 15.0 Å². The van der Waals surface area contributed by atoms with Crippen molar-refractivity contribution in [2.75, 3.05) is 19.8 Å². The fourth-order valence-electron chi connectivity index (χ4n) is 4.43. The lowest BCUT2D eigenvalue weighted by molar-refractivity contribution is 0.0699. The number of aromatic hydroxyl groups is 1. The van der Waals surface area contributed by atoms with Crippen LogP contribution in [-0.4, -0.2) is 39.9 Å². The highest BCUT2D eigenvalue weighted by atomic mass is 16.5. The summed E-state index contributed by atoms with van der Waals surface area (Å²) >= 11 is 0. The number of ether oxygens (including phenoxy) is 2. The molecule has 1 N–H and O–H groups in total. The van der Waals surface area contributed by atoms with Gasteiger partial charge in [-0.15, -0.1) is 0 Å². The number of hydrogen-bond donors (Lipinski definition) is 1. The third-order valence-electron chi connectivity index (χ3n) is 6.96. The first-order valence-corrected chi connectivity index (χ1v) is 15.1. The first-order valence-electron chi connectivity index (χ1n) is 15.1. The Hall–Kier alpha value is -4.55. The molecular formula is C37H41N3O3. The van der Waals surface area contributed by atoms with E-state index < -0.39 is 0 Å². The zero-order valence-corrected chi connectivity index (χ0v) is 25.1. The third-order valence-corrected chi connectivity index (χ3v) is 6.96. The number of para-hydroxylation sites is 1. The lowest BCUT2D eigenvalue weighted by atomic mass is 10.0. The van der Waals surface area contributed by atoms with Crippen LogP contribution in [0.5, 0.6) is 11.5 Å². The second kappa shape index (κ2) is 17.4. The fourth-order valence-corrected chi connectivity index (χ4v) is 4.43. The maximum absolute atomic E-state index is 8.63. The largest absolute Gasteiger partial charge is 0.508 e. The number of aromatic nitrogens is 3. The van der Waals surface area contributed by atoms with Gasteiger partial charge in [0.25, 0.3) is 0 Å². The molecule has 6 heteroatoms. The normalized spacial score (nSPS) is 11.3. The topological polar surface area (TPSA) is 77.4 Å². The smallest absolute Gasteiger partial charge is 0.164 e. The SMILES string of the molecule is CCCCC(CC)COCCOc1ccc(-c2nc(-c3ccccc3)nc(-c3ccccc3)n2)cc1.Oc1ccccc1. The molecule has 1 atom stereocenters. The minimum absolute atomic E-state index is 0.322. The molecule has 0 saturated heterocycles. The van der Waals surface area contributed by atoms with E-state index in [4.69, 9.17) is 29.5 Å². The highest BCUT2D eigenvalue weighted by Crippen LogP contribution is 2.25. The molecule has 5 rings (SSSR count). The van der Waals surface area contributed by atoms with Crippen LogP contribution in [0.1, 0.15) is 39.5 Å². The Morgan fingerprint density at radius 2 is 1.09 bits per heavy atom. The van der Waals surface area contributed by atoms with Crippen LogP contribution < -0.4 is 4.74 Å². The minimum Gasteiger partial charge on any atom is -0.508 e. The summed E-state index contributed by atoms with van der Waals surface area (Å²) in [7, 11) is 0. The van der Waals surface area contributed by atoms with E-state index in [0.29, 0.717) is 42.4 Å². The fraction of sp³-hybridized carbons (Fsp3) is 0.270. The Bertz CT molecular complexity index is 1410. The van der Waals surface area contributed by atoms with Gasteiger partial charge in [0.1, 0.15) is 18.1 Å². The molecule has 1 heterocycles. The van der Waals surface area contributed by atoms with Crippen molar-refractivity contribution in [3.8, 4) is 45.7 Å². The van der Waals surface area contributed by atoms with Crippen LogP contribution >= 0.6 is 0 Å². The molecule has 1 aromatic heterocycles. The van der Waals surface area contributed by atoms with E-state index in [1.807, 2.05) is 91.0 Å². The lowest BCUT2D eigenvalue weighted by Crippen LogP contribution is -2.13. The Morgan fingerprint density at radius 3 is 1.53 bits per heavy atom. The van der Waals surface area contributed by atoms with E-state index in [-0.39, 0.29) is 0 Å². The van der Waals surface area contributed by atoms with Gasteiger partial charge in [-0.1, -0.05) is 112 Å². The summed E-state index contributed by atoms with van der Waals surface area (Å²) in [6.07, 6.45) is 4.91. The number of nitrogens with zero attached hydrogens (tertiary/aromatic N) is 3. The maximum Gasteiger partial charge on any atom is 0.164 e. The molecule has 0 aliphatic carbocycles. The van der Waals surface area contributed by atoms with Crippen molar-refractivity contribution in [2.24, 2.45) is 5.92 Å². The molecule has 0 spiro atoms. The quantitative estimate of drug-likeness (QED) is 0.141. The molecule has 0 bridgehead atoms. The average Bonchev–Trinajstić information content (AvgIpc) is 3.07. The van der Waals surface area contributed by atoms with Crippen LogP contribution in [0.4, 0.5) is 0 Å². The Balaban J connectivity index is 0.000000530. The van der Waals surface area contributed by atoms with Crippen molar-refractivity contribution < 1.29 is 14.6 Å². The van der Waals surface area contributed by atoms with E-state index in [1.165, 1.54) is 19.3 Å². The molecule has 5 aromatic rings. The third kappa shape index (κ3) is 10.3. The first kappa shape index (κ1) is 31.4. The van der Waals surface area contributed by atoms with Gasteiger partial charge in [0.05, 0.1) is 6.61 Å². The van der Waals surface area contributed by atoms with Crippen molar-refractivity contribution in [2.45, 2.75) is 39.5 Å². The molecule has 0 aliphatic rings. The Morgan fingerprint density at radius 1 is 0.605 bits per heavy atom. The summed E-state index contributed by atoms with van der Waals surface area (Å²) in [6, 6.07) is 36.6. The summed E-state index contributed by atoms with van der Waals surface area (Å²) in [5.41, 5.74) is 2.83. The molecule has 0 radical (unpaired) electrons. The number of hydrogen-bond acceptors (Lipinski definition) is 6. The minimum atomic E-state index is 0.322.